The van der Waals surface area contributed by atoms with Gasteiger partial charge in [-0.3, -0.25) is 4.90 Å². The summed E-state index contributed by atoms with van der Waals surface area (Å²) in [4.78, 5) is 23.7. The Morgan fingerprint density at radius 2 is 1.78 bits per heavy atom. The minimum atomic E-state index is -4.05. The molecule has 1 saturated heterocycles. The van der Waals surface area contributed by atoms with E-state index in [9.17, 15) is 13.2 Å². The molecule has 2 aliphatic heterocycles. The molecule has 1 aromatic heterocycles. The van der Waals surface area contributed by atoms with Gasteiger partial charge in [-0.2, -0.15) is 13.4 Å². The highest BCUT2D eigenvalue weighted by Gasteiger charge is 2.44. The normalized spacial score (nSPS) is 20.5. The molecule has 1 amide bonds. The van der Waals surface area contributed by atoms with Crippen LogP contribution in [-0.4, -0.2) is 41.0 Å². The monoisotopic (exact) mass is 459 g/mol. The van der Waals surface area contributed by atoms with Crippen molar-refractivity contribution in [1.29, 1.82) is 0 Å². The van der Waals surface area contributed by atoms with E-state index in [1.54, 1.807) is 24.0 Å². The maximum absolute atomic E-state index is 13.0. The number of nitrogens with zero attached hydrogens (tertiary/aromatic N) is 3. The Labute approximate surface area is 189 Å². The lowest BCUT2D eigenvalue weighted by molar-refractivity contribution is -0.0108. The van der Waals surface area contributed by atoms with Crippen LogP contribution in [0, 0.1) is 13.8 Å². The summed E-state index contributed by atoms with van der Waals surface area (Å²) in [6.45, 7) is 9.10. The van der Waals surface area contributed by atoms with E-state index in [4.69, 9.17) is 8.92 Å². The largest absolute Gasteiger partial charge is 0.444 e. The molecule has 1 fully saturated rings. The SMILES string of the molecule is Cc1ccc(S(=O)(=O)Oc2nc(C)nc3c2C[C@H]2CCC[C@@H]3N2C(=O)OC(C)(C)C)cc1. The third-order valence-electron chi connectivity index (χ3n) is 5.72. The molecule has 0 spiro atoms. The Kier molecular flexibility index (Phi) is 5.65. The van der Waals surface area contributed by atoms with Crippen LogP contribution in [0.25, 0.3) is 0 Å². The summed E-state index contributed by atoms with van der Waals surface area (Å²) in [6.07, 6.45) is 2.53. The van der Waals surface area contributed by atoms with Crippen LogP contribution in [0.2, 0.25) is 0 Å². The van der Waals surface area contributed by atoms with Gasteiger partial charge >= 0.3 is 16.2 Å². The lowest BCUT2D eigenvalue weighted by Crippen LogP contribution is -2.51. The molecule has 8 nitrogen and oxygen atoms in total. The molecule has 0 unspecified atom stereocenters. The average molecular weight is 460 g/mol. The Bertz CT molecular complexity index is 1140. The quantitative estimate of drug-likeness (QED) is 0.633. The summed E-state index contributed by atoms with van der Waals surface area (Å²) in [5, 5.41) is 0. The second kappa shape index (κ2) is 8.03. The summed E-state index contributed by atoms with van der Waals surface area (Å²) in [5.74, 6) is 0.444. The fourth-order valence-electron chi connectivity index (χ4n) is 4.36. The molecule has 4 rings (SSSR count). The first-order valence-corrected chi connectivity index (χ1v) is 12.3. The molecule has 0 saturated carbocycles. The van der Waals surface area contributed by atoms with Gasteiger partial charge in [0.05, 0.1) is 11.7 Å². The van der Waals surface area contributed by atoms with Gasteiger partial charge in [0, 0.05) is 18.0 Å². The summed E-state index contributed by atoms with van der Waals surface area (Å²) in [7, 11) is -4.05. The molecule has 172 valence electrons. The molecule has 2 atom stereocenters. The van der Waals surface area contributed by atoms with Crippen molar-refractivity contribution in [2.45, 2.75) is 82.9 Å². The fraction of sp³-hybridized carbons (Fsp3) is 0.522. The first-order valence-electron chi connectivity index (χ1n) is 10.8. The predicted molar refractivity (Wildman–Crippen MR) is 118 cm³/mol. The molecule has 32 heavy (non-hydrogen) atoms. The van der Waals surface area contributed by atoms with Gasteiger partial charge < -0.3 is 8.92 Å². The van der Waals surface area contributed by atoms with Crippen LogP contribution in [0.4, 0.5) is 4.79 Å². The molecule has 0 N–H and O–H groups in total. The second-order valence-electron chi connectivity index (χ2n) is 9.48. The molecule has 0 aliphatic carbocycles. The third kappa shape index (κ3) is 4.44. The predicted octanol–water partition coefficient (Wildman–Crippen LogP) is 4.25. The van der Waals surface area contributed by atoms with E-state index in [1.807, 2.05) is 27.7 Å². The van der Waals surface area contributed by atoms with Crippen LogP contribution < -0.4 is 4.18 Å². The Morgan fingerprint density at radius 3 is 2.44 bits per heavy atom. The van der Waals surface area contributed by atoms with Gasteiger partial charge in [-0.25, -0.2) is 9.78 Å². The van der Waals surface area contributed by atoms with Crippen LogP contribution in [-0.2, 0) is 21.3 Å². The second-order valence-corrected chi connectivity index (χ2v) is 11.0. The first kappa shape index (κ1) is 22.5. The summed E-state index contributed by atoms with van der Waals surface area (Å²) < 4.78 is 37.0. The van der Waals surface area contributed by atoms with Gasteiger partial charge in [-0.05, 0) is 66.0 Å². The van der Waals surface area contributed by atoms with E-state index in [0.717, 1.165) is 24.8 Å². The molecular weight excluding hydrogens is 430 g/mol. The number of aryl methyl sites for hydroxylation is 2. The fourth-order valence-corrected chi connectivity index (χ4v) is 5.27. The van der Waals surface area contributed by atoms with Gasteiger partial charge in [0.15, 0.2) is 0 Å². The van der Waals surface area contributed by atoms with Crippen molar-refractivity contribution in [3.63, 3.8) is 0 Å². The maximum Gasteiger partial charge on any atom is 0.411 e. The number of carbonyl (C=O) groups excluding carboxylic acids is 1. The van der Waals surface area contributed by atoms with Crippen molar-refractivity contribution in [1.82, 2.24) is 14.9 Å². The van der Waals surface area contributed by atoms with E-state index in [0.29, 0.717) is 23.5 Å². The van der Waals surface area contributed by atoms with E-state index in [2.05, 4.69) is 9.97 Å². The highest BCUT2D eigenvalue weighted by molar-refractivity contribution is 7.87. The molecule has 2 bridgehead atoms. The van der Waals surface area contributed by atoms with E-state index in [1.165, 1.54) is 12.1 Å². The zero-order chi connectivity index (χ0) is 23.3. The Morgan fingerprint density at radius 1 is 1.09 bits per heavy atom. The van der Waals surface area contributed by atoms with Crippen molar-refractivity contribution >= 4 is 16.2 Å². The molecule has 3 heterocycles. The van der Waals surface area contributed by atoms with Crippen LogP contribution in [0.1, 0.15) is 68.7 Å². The number of hydrogen-bond acceptors (Lipinski definition) is 7. The van der Waals surface area contributed by atoms with Crippen LogP contribution >= 0.6 is 0 Å². The number of piperidine rings is 1. The average Bonchev–Trinajstić information content (AvgIpc) is 2.67. The summed E-state index contributed by atoms with van der Waals surface area (Å²) in [6, 6.07) is 6.07. The number of aromatic nitrogens is 2. The topological polar surface area (TPSA) is 98.7 Å². The maximum atomic E-state index is 13.0. The van der Waals surface area contributed by atoms with Gasteiger partial charge in [0.25, 0.3) is 0 Å². The van der Waals surface area contributed by atoms with Crippen LogP contribution in [0.15, 0.2) is 29.2 Å². The molecule has 2 aliphatic rings. The van der Waals surface area contributed by atoms with Crippen molar-refractivity contribution < 1.29 is 22.1 Å². The first-order chi connectivity index (χ1) is 14.9. The zero-order valence-corrected chi connectivity index (χ0v) is 19.9. The van der Waals surface area contributed by atoms with E-state index in [-0.39, 0.29) is 29.0 Å². The number of ether oxygens (including phenoxy) is 1. The van der Waals surface area contributed by atoms with Crippen molar-refractivity contribution in [2.24, 2.45) is 0 Å². The van der Waals surface area contributed by atoms with Crippen molar-refractivity contribution in [3.05, 3.63) is 46.9 Å². The smallest absolute Gasteiger partial charge is 0.411 e. The number of carbonyl (C=O) groups is 1. The molecule has 9 heteroatoms. The van der Waals surface area contributed by atoms with Gasteiger partial charge in [0.2, 0.25) is 5.88 Å². The highest BCUT2D eigenvalue weighted by atomic mass is 32.2. The number of amides is 1. The lowest BCUT2D eigenvalue weighted by atomic mass is 9.83. The Balaban J connectivity index is 1.71. The van der Waals surface area contributed by atoms with E-state index < -0.39 is 15.7 Å². The van der Waals surface area contributed by atoms with Crippen LogP contribution in [0.3, 0.4) is 0 Å². The van der Waals surface area contributed by atoms with E-state index >= 15 is 0 Å². The van der Waals surface area contributed by atoms with Gasteiger partial charge in [0.1, 0.15) is 16.3 Å². The molecule has 0 radical (unpaired) electrons. The van der Waals surface area contributed by atoms with Gasteiger partial charge in [-0.1, -0.05) is 17.7 Å². The third-order valence-corrected chi connectivity index (χ3v) is 6.94. The highest BCUT2D eigenvalue weighted by Crippen LogP contribution is 2.44. The number of hydrogen-bond donors (Lipinski definition) is 0. The summed E-state index contributed by atoms with van der Waals surface area (Å²) >= 11 is 0. The van der Waals surface area contributed by atoms with Gasteiger partial charge in [-0.15, -0.1) is 0 Å². The van der Waals surface area contributed by atoms with Crippen molar-refractivity contribution in [3.8, 4) is 5.88 Å². The number of benzene rings is 1. The van der Waals surface area contributed by atoms with Crippen molar-refractivity contribution in [2.75, 3.05) is 0 Å². The zero-order valence-electron chi connectivity index (χ0n) is 19.1. The molecule has 1 aromatic carbocycles. The Hall–Kier alpha value is -2.68. The molecular formula is C23H29N3O5S. The minimum absolute atomic E-state index is 0.0498. The standard InChI is InChI=1S/C23H29N3O5S/c1-14-9-11-17(12-10-14)32(28,29)31-21-18-13-16-7-6-8-19(20(18)24-15(2)25-21)26(16)22(27)30-23(3,4)5/h9-12,16,19H,6-8,13H2,1-5H3/t16-,19+/m1/s1. The summed E-state index contributed by atoms with van der Waals surface area (Å²) in [5.41, 5.74) is 1.65. The molecule has 2 aromatic rings. The van der Waals surface area contributed by atoms with Crippen LogP contribution in [0.5, 0.6) is 5.88 Å². The number of rotatable bonds is 3. The lowest BCUT2D eigenvalue weighted by Gasteiger charge is -2.46. The minimum Gasteiger partial charge on any atom is -0.444 e. The number of fused-ring (bicyclic) bond motifs is 4.